The Morgan fingerprint density at radius 1 is 1.47 bits per heavy atom. The zero-order valence-corrected chi connectivity index (χ0v) is 12.4. The van der Waals surface area contributed by atoms with E-state index in [2.05, 4.69) is 25.9 Å². The minimum atomic E-state index is 0.122. The molecule has 0 aliphatic carbocycles. The van der Waals surface area contributed by atoms with E-state index >= 15 is 0 Å². The second-order valence-electron chi connectivity index (χ2n) is 4.42. The topological polar surface area (TPSA) is 49.0 Å². The van der Waals surface area contributed by atoms with Gasteiger partial charge in [-0.15, -0.1) is 0 Å². The molecule has 0 unspecified atom stereocenters. The number of benzene rings is 1. The van der Waals surface area contributed by atoms with Gasteiger partial charge in [0.2, 0.25) is 5.91 Å². The van der Waals surface area contributed by atoms with Crippen LogP contribution in [0.4, 0.5) is 0 Å². The average molecular weight is 322 g/mol. The molecule has 19 heavy (non-hydrogen) atoms. The summed E-state index contributed by atoms with van der Waals surface area (Å²) in [7, 11) is 1.80. The molecule has 0 bridgehead atoms. The first-order valence-corrected chi connectivity index (χ1v) is 6.91. The number of halogens is 1. The van der Waals surface area contributed by atoms with Gasteiger partial charge in [-0.25, -0.2) is 4.98 Å². The normalized spacial score (nSPS) is 10.4. The van der Waals surface area contributed by atoms with Gasteiger partial charge in [-0.3, -0.25) is 4.79 Å². The fourth-order valence-electron chi connectivity index (χ4n) is 1.83. The first-order chi connectivity index (χ1) is 9.15. The molecule has 1 aromatic heterocycles. The lowest BCUT2D eigenvalue weighted by atomic mass is 10.1. The number of hydrogen-bond donors (Lipinski definition) is 1. The summed E-state index contributed by atoms with van der Waals surface area (Å²) in [5.41, 5.74) is 1.16. The summed E-state index contributed by atoms with van der Waals surface area (Å²) in [6.45, 7) is 0.518. The van der Waals surface area contributed by atoms with Gasteiger partial charge < -0.3 is 9.88 Å². The fourth-order valence-corrected chi connectivity index (χ4v) is 2.28. The largest absolute Gasteiger partial charge is 0.347 e. The van der Waals surface area contributed by atoms with Gasteiger partial charge in [-0.2, -0.15) is 0 Å². The number of imidazole rings is 1. The zero-order chi connectivity index (χ0) is 13.7. The van der Waals surface area contributed by atoms with E-state index < -0.39 is 0 Å². The van der Waals surface area contributed by atoms with E-state index in [1.165, 1.54) is 0 Å². The van der Waals surface area contributed by atoms with Crippen molar-refractivity contribution < 1.29 is 4.79 Å². The van der Waals surface area contributed by atoms with E-state index in [0.717, 1.165) is 22.3 Å². The number of aromatic nitrogens is 2. The van der Waals surface area contributed by atoms with Crippen LogP contribution < -0.4 is 0 Å². The molecule has 0 saturated carbocycles. The molecule has 5 heteroatoms. The standard InChI is InChI=1S/C14H16BrN3O/c1-18(10-13-16-7-8-17-13)14(19)6-5-11-3-2-4-12(15)9-11/h2-4,7-9H,5-6,10H2,1H3,(H,16,17). The number of aromatic amines is 1. The summed E-state index contributed by atoms with van der Waals surface area (Å²) in [5.74, 6) is 0.926. The van der Waals surface area contributed by atoms with Crippen molar-refractivity contribution in [2.45, 2.75) is 19.4 Å². The van der Waals surface area contributed by atoms with Crippen molar-refractivity contribution in [3.63, 3.8) is 0 Å². The van der Waals surface area contributed by atoms with Crippen LogP contribution in [0.1, 0.15) is 17.8 Å². The number of rotatable bonds is 5. The summed E-state index contributed by atoms with van der Waals surface area (Å²) in [6, 6.07) is 8.04. The van der Waals surface area contributed by atoms with Crippen LogP contribution in [0.15, 0.2) is 41.1 Å². The molecular formula is C14H16BrN3O. The summed E-state index contributed by atoms with van der Waals surface area (Å²) < 4.78 is 1.04. The Morgan fingerprint density at radius 2 is 2.32 bits per heavy atom. The number of nitrogens with one attached hydrogen (secondary N) is 1. The van der Waals surface area contributed by atoms with E-state index in [1.54, 1.807) is 24.3 Å². The third-order valence-electron chi connectivity index (χ3n) is 2.88. The van der Waals surface area contributed by atoms with Crippen LogP contribution in [0.25, 0.3) is 0 Å². The lowest BCUT2D eigenvalue weighted by Crippen LogP contribution is -2.26. The first kappa shape index (κ1) is 13.8. The van der Waals surface area contributed by atoms with E-state index in [1.807, 2.05) is 24.3 Å². The van der Waals surface area contributed by atoms with Gasteiger partial charge in [0, 0.05) is 30.3 Å². The molecule has 1 aromatic carbocycles. The summed E-state index contributed by atoms with van der Waals surface area (Å²) >= 11 is 3.43. The minimum Gasteiger partial charge on any atom is -0.347 e. The predicted molar refractivity (Wildman–Crippen MR) is 77.5 cm³/mol. The van der Waals surface area contributed by atoms with Crippen molar-refractivity contribution in [2.75, 3.05) is 7.05 Å². The molecule has 0 fully saturated rings. The molecule has 1 amide bonds. The third kappa shape index (κ3) is 4.21. The van der Waals surface area contributed by atoms with E-state index in [0.29, 0.717) is 13.0 Å². The number of carbonyl (C=O) groups is 1. The maximum atomic E-state index is 12.0. The van der Waals surface area contributed by atoms with Crippen LogP contribution in [-0.4, -0.2) is 27.8 Å². The van der Waals surface area contributed by atoms with E-state index in [4.69, 9.17) is 0 Å². The van der Waals surface area contributed by atoms with Gasteiger partial charge in [0.1, 0.15) is 5.82 Å². The fraction of sp³-hybridized carbons (Fsp3) is 0.286. The van der Waals surface area contributed by atoms with E-state index in [-0.39, 0.29) is 5.91 Å². The van der Waals surface area contributed by atoms with Crippen molar-refractivity contribution in [1.29, 1.82) is 0 Å². The van der Waals surface area contributed by atoms with Crippen molar-refractivity contribution in [1.82, 2.24) is 14.9 Å². The molecule has 0 atom stereocenters. The van der Waals surface area contributed by atoms with Crippen LogP contribution in [0.5, 0.6) is 0 Å². The minimum absolute atomic E-state index is 0.122. The number of H-pyrrole nitrogens is 1. The van der Waals surface area contributed by atoms with Crippen molar-refractivity contribution in [2.24, 2.45) is 0 Å². The van der Waals surface area contributed by atoms with Crippen LogP contribution in [0, 0.1) is 0 Å². The van der Waals surface area contributed by atoms with Gasteiger partial charge in [-0.05, 0) is 24.1 Å². The number of nitrogens with zero attached hydrogens (tertiary/aromatic N) is 2. The molecule has 2 rings (SSSR count). The first-order valence-electron chi connectivity index (χ1n) is 6.12. The molecule has 100 valence electrons. The Kier molecular flexibility index (Phi) is 4.74. The molecule has 0 aliphatic rings. The SMILES string of the molecule is CN(Cc1ncc[nH]1)C(=O)CCc1cccc(Br)c1. The van der Waals surface area contributed by atoms with Gasteiger partial charge in [0.15, 0.2) is 0 Å². The molecule has 0 spiro atoms. The summed E-state index contributed by atoms with van der Waals surface area (Å²) in [6.07, 6.45) is 4.71. The monoisotopic (exact) mass is 321 g/mol. The second-order valence-corrected chi connectivity index (χ2v) is 5.33. The Balaban J connectivity index is 1.84. The van der Waals surface area contributed by atoms with Crippen LogP contribution >= 0.6 is 15.9 Å². The third-order valence-corrected chi connectivity index (χ3v) is 3.38. The van der Waals surface area contributed by atoms with Crippen LogP contribution in [0.2, 0.25) is 0 Å². The highest BCUT2D eigenvalue weighted by atomic mass is 79.9. The zero-order valence-electron chi connectivity index (χ0n) is 10.8. The Labute approximate surface area is 121 Å². The molecule has 1 heterocycles. The smallest absolute Gasteiger partial charge is 0.223 e. The molecule has 1 N–H and O–H groups in total. The lowest BCUT2D eigenvalue weighted by Gasteiger charge is -2.15. The number of amides is 1. The molecular weight excluding hydrogens is 306 g/mol. The Hall–Kier alpha value is -1.62. The highest BCUT2D eigenvalue weighted by molar-refractivity contribution is 9.10. The molecule has 0 saturated heterocycles. The summed E-state index contributed by atoms with van der Waals surface area (Å²) in [5, 5.41) is 0. The van der Waals surface area contributed by atoms with Gasteiger partial charge in [-0.1, -0.05) is 28.1 Å². The van der Waals surface area contributed by atoms with Gasteiger partial charge >= 0.3 is 0 Å². The average Bonchev–Trinajstić information content (AvgIpc) is 2.89. The maximum absolute atomic E-state index is 12.0. The number of aryl methyl sites for hydroxylation is 1. The highest BCUT2D eigenvalue weighted by Crippen LogP contribution is 2.13. The number of hydrogen-bond acceptors (Lipinski definition) is 2. The van der Waals surface area contributed by atoms with Crippen LogP contribution in [-0.2, 0) is 17.8 Å². The quantitative estimate of drug-likeness (QED) is 0.920. The van der Waals surface area contributed by atoms with Crippen molar-refractivity contribution in [3.8, 4) is 0 Å². The highest BCUT2D eigenvalue weighted by Gasteiger charge is 2.10. The lowest BCUT2D eigenvalue weighted by molar-refractivity contribution is -0.130. The van der Waals surface area contributed by atoms with Gasteiger partial charge in [0.05, 0.1) is 6.54 Å². The van der Waals surface area contributed by atoms with Crippen LogP contribution in [0.3, 0.4) is 0 Å². The maximum Gasteiger partial charge on any atom is 0.223 e. The summed E-state index contributed by atoms with van der Waals surface area (Å²) in [4.78, 5) is 20.8. The molecule has 0 aliphatic heterocycles. The predicted octanol–water partition coefficient (Wildman–Crippen LogP) is 2.76. The van der Waals surface area contributed by atoms with Crippen molar-refractivity contribution in [3.05, 3.63) is 52.5 Å². The molecule has 2 aromatic rings. The van der Waals surface area contributed by atoms with Gasteiger partial charge in [0.25, 0.3) is 0 Å². The molecule has 4 nitrogen and oxygen atoms in total. The van der Waals surface area contributed by atoms with E-state index in [9.17, 15) is 4.79 Å². The number of carbonyl (C=O) groups excluding carboxylic acids is 1. The van der Waals surface area contributed by atoms with Crippen molar-refractivity contribution >= 4 is 21.8 Å². The Bertz CT molecular complexity index is 539. The second kappa shape index (κ2) is 6.52. The molecule has 0 radical (unpaired) electrons. The Morgan fingerprint density at radius 3 is 3.00 bits per heavy atom.